The van der Waals surface area contributed by atoms with Gasteiger partial charge in [-0.3, -0.25) is 9.59 Å². The predicted molar refractivity (Wildman–Crippen MR) is 101 cm³/mol. The summed E-state index contributed by atoms with van der Waals surface area (Å²) in [6, 6.07) is 4.90. The Morgan fingerprint density at radius 2 is 2.08 bits per heavy atom. The van der Waals surface area contributed by atoms with Crippen LogP contribution in [0.25, 0.3) is 0 Å². The lowest BCUT2D eigenvalue weighted by Gasteiger charge is -2.35. The van der Waals surface area contributed by atoms with Crippen molar-refractivity contribution in [1.82, 2.24) is 9.80 Å². The van der Waals surface area contributed by atoms with Crippen molar-refractivity contribution < 1.29 is 14.7 Å². The lowest BCUT2D eigenvalue weighted by Crippen LogP contribution is -2.48. The zero-order chi connectivity index (χ0) is 18.8. The number of halogens is 1. The Labute approximate surface area is 159 Å². The first-order valence-electron chi connectivity index (χ1n) is 9.39. The fourth-order valence-electron chi connectivity index (χ4n) is 3.53. The van der Waals surface area contributed by atoms with Crippen molar-refractivity contribution in [1.29, 1.82) is 0 Å². The molecule has 1 heterocycles. The molecule has 0 unspecified atom stereocenters. The Bertz CT molecular complexity index is 688. The van der Waals surface area contributed by atoms with Gasteiger partial charge in [0, 0.05) is 26.1 Å². The van der Waals surface area contributed by atoms with Crippen LogP contribution in [0.5, 0.6) is 5.75 Å². The Morgan fingerprint density at radius 1 is 1.35 bits per heavy atom. The topological polar surface area (TPSA) is 60.9 Å². The van der Waals surface area contributed by atoms with E-state index in [0.717, 1.165) is 12.1 Å². The van der Waals surface area contributed by atoms with E-state index in [2.05, 4.69) is 13.8 Å². The number of rotatable bonds is 5. The lowest BCUT2D eigenvalue weighted by molar-refractivity contribution is -0.134. The molecule has 26 heavy (non-hydrogen) atoms. The molecule has 0 spiro atoms. The van der Waals surface area contributed by atoms with E-state index in [9.17, 15) is 14.7 Å². The smallest absolute Gasteiger partial charge is 0.227 e. The van der Waals surface area contributed by atoms with E-state index in [1.807, 2.05) is 9.80 Å². The molecule has 1 aliphatic heterocycles. The Morgan fingerprint density at radius 3 is 2.69 bits per heavy atom. The molecule has 2 amide bonds. The summed E-state index contributed by atoms with van der Waals surface area (Å²) < 4.78 is 0. The molecule has 1 atom stereocenters. The van der Waals surface area contributed by atoms with E-state index in [4.69, 9.17) is 11.6 Å². The van der Waals surface area contributed by atoms with E-state index >= 15 is 0 Å². The molecule has 1 saturated heterocycles. The molecular formula is C20H27ClN2O3. The molecule has 1 aromatic rings. The summed E-state index contributed by atoms with van der Waals surface area (Å²) in [5, 5.41) is 9.77. The van der Waals surface area contributed by atoms with Crippen LogP contribution in [-0.4, -0.2) is 52.4 Å². The van der Waals surface area contributed by atoms with Gasteiger partial charge in [0.25, 0.3) is 0 Å². The van der Waals surface area contributed by atoms with Crippen LogP contribution in [0.4, 0.5) is 0 Å². The van der Waals surface area contributed by atoms with Gasteiger partial charge in [-0.1, -0.05) is 31.5 Å². The van der Waals surface area contributed by atoms with Crippen LogP contribution in [0.3, 0.4) is 0 Å². The highest BCUT2D eigenvalue weighted by Crippen LogP contribution is 2.32. The number of aromatic hydroxyl groups is 1. The van der Waals surface area contributed by atoms with Crippen LogP contribution >= 0.6 is 11.6 Å². The molecule has 5 nitrogen and oxygen atoms in total. The first kappa shape index (κ1) is 19.0. The van der Waals surface area contributed by atoms with Crippen molar-refractivity contribution in [2.45, 2.75) is 45.6 Å². The van der Waals surface area contributed by atoms with Gasteiger partial charge in [0.05, 0.1) is 17.5 Å². The minimum absolute atomic E-state index is 0.00141. The standard InChI is InChI=1S/C20H27ClN2O3/c1-13(2)17-12-22(8-7-19(25)23(17)11-14-3-4-14)20(26)10-15-5-6-18(24)16(21)9-15/h5-6,9,13-14,17,24H,3-4,7-8,10-12H2,1-2H3/t17-/m1/s1. The summed E-state index contributed by atoms with van der Waals surface area (Å²) in [6.07, 6.45) is 3.03. The maximum atomic E-state index is 12.8. The van der Waals surface area contributed by atoms with Crippen molar-refractivity contribution in [3.05, 3.63) is 28.8 Å². The molecule has 1 saturated carbocycles. The van der Waals surface area contributed by atoms with E-state index in [-0.39, 0.29) is 35.0 Å². The van der Waals surface area contributed by atoms with Gasteiger partial charge >= 0.3 is 0 Å². The molecule has 2 aliphatic rings. The summed E-state index contributed by atoms with van der Waals surface area (Å²) in [6.45, 7) is 6.11. The Kier molecular flexibility index (Phi) is 5.76. The van der Waals surface area contributed by atoms with Gasteiger partial charge in [0.2, 0.25) is 11.8 Å². The number of phenolic OH excluding ortho intramolecular Hbond substituents is 1. The first-order chi connectivity index (χ1) is 12.3. The third-order valence-corrected chi connectivity index (χ3v) is 5.67. The molecule has 1 aliphatic carbocycles. The van der Waals surface area contributed by atoms with Crippen molar-refractivity contribution in [3.63, 3.8) is 0 Å². The van der Waals surface area contributed by atoms with Crippen molar-refractivity contribution in [3.8, 4) is 5.75 Å². The van der Waals surface area contributed by atoms with Crippen molar-refractivity contribution in [2.75, 3.05) is 19.6 Å². The number of carbonyl (C=O) groups is 2. The second-order valence-corrected chi connectivity index (χ2v) is 8.26. The molecule has 3 rings (SSSR count). The number of benzene rings is 1. The van der Waals surface area contributed by atoms with Gasteiger partial charge in [-0.15, -0.1) is 0 Å². The Hall–Kier alpha value is -1.75. The van der Waals surface area contributed by atoms with E-state index in [1.54, 1.807) is 12.1 Å². The largest absolute Gasteiger partial charge is 0.506 e. The molecule has 1 aromatic carbocycles. The SMILES string of the molecule is CC(C)[C@H]1CN(C(=O)Cc2ccc(O)c(Cl)c2)CCC(=O)N1CC1CC1. The van der Waals surface area contributed by atoms with Crippen LogP contribution < -0.4 is 0 Å². The summed E-state index contributed by atoms with van der Waals surface area (Å²) >= 11 is 5.94. The molecule has 0 aromatic heterocycles. The Balaban J connectivity index is 1.71. The number of phenols is 1. The highest BCUT2D eigenvalue weighted by molar-refractivity contribution is 6.32. The maximum absolute atomic E-state index is 12.8. The van der Waals surface area contributed by atoms with Gasteiger partial charge < -0.3 is 14.9 Å². The average Bonchev–Trinajstić information content (AvgIpc) is 3.41. The first-order valence-corrected chi connectivity index (χ1v) is 9.77. The second-order valence-electron chi connectivity index (χ2n) is 7.85. The summed E-state index contributed by atoms with van der Waals surface area (Å²) in [7, 11) is 0. The lowest BCUT2D eigenvalue weighted by atomic mass is 10.0. The summed E-state index contributed by atoms with van der Waals surface area (Å²) in [4.78, 5) is 29.3. The normalized spacial score (nSPS) is 21.2. The van der Waals surface area contributed by atoms with Crippen LogP contribution in [0, 0.1) is 11.8 Å². The zero-order valence-corrected chi connectivity index (χ0v) is 16.2. The molecular weight excluding hydrogens is 352 g/mol. The molecule has 0 radical (unpaired) electrons. The fraction of sp³-hybridized carbons (Fsp3) is 0.600. The predicted octanol–water partition coefficient (Wildman–Crippen LogP) is 3.08. The van der Waals surface area contributed by atoms with Crippen LogP contribution in [-0.2, 0) is 16.0 Å². The maximum Gasteiger partial charge on any atom is 0.227 e. The van der Waals surface area contributed by atoms with Crippen LogP contribution in [0.2, 0.25) is 5.02 Å². The van der Waals surface area contributed by atoms with Gasteiger partial charge in [-0.05, 0) is 42.4 Å². The quantitative estimate of drug-likeness (QED) is 0.856. The van der Waals surface area contributed by atoms with Gasteiger partial charge in [0.15, 0.2) is 0 Å². The zero-order valence-electron chi connectivity index (χ0n) is 15.4. The van der Waals surface area contributed by atoms with Crippen molar-refractivity contribution >= 4 is 23.4 Å². The van der Waals surface area contributed by atoms with E-state index in [0.29, 0.717) is 31.3 Å². The number of hydrogen-bond acceptors (Lipinski definition) is 3. The number of hydrogen-bond donors (Lipinski definition) is 1. The molecule has 142 valence electrons. The minimum Gasteiger partial charge on any atom is -0.506 e. The van der Waals surface area contributed by atoms with E-state index < -0.39 is 0 Å². The summed E-state index contributed by atoms with van der Waals surface area (Å²) in [5.74, 6) is 1.12. The molecule has 2 fully saturated rings. The highest BCUT2D eigenvalue weighted by Gasteiger charge is 2.36. The summed E-state index contributed by atoms with van der Waals surface area (Å²) in [5.41, 5.74) is 0.768. The van der Waals surface area contributed by atoms with E-state index in [1.165, 1.54) is 18.9 Å². The second kappa shape index (κ2) is 7.87. The van der Waals surface area contributed by atoms with Crippen LogP contribution in [0.15, 0.2) is 18.2 Å². The average molecular weight is 379 g/mol. The fourth-order valence-corrected chi connectivity index (χ4v) is 3.74. The third kappa shape index (κ3) is 4.50. The minimum atomic E-state index is -0.00141. The number of nitrogens with zero attached hydrogens (tertiary/aromatic N) is 2. The highest BCUT2D eigenvalue weighted by atomic mass is 35.5. The molecule has 1 N–H and O–H groups in total. The van der Waals surface area contributed by atoms with Crippen LogP contribution in [0.1, 0.15) is 38.7 Å². The molecule has 0 bridgehead atoms. The van der Waals surface area contributed by atoms with Gasteiger partial charge in [0.1, 0.15) is 5.75 Å². The number of amides is 2. The molecule has 6 heteroatoms. The van der Waals surface area contributed by atoms with Gasteiger partial charge in [-0.2, -0.15) is 0 Å². The third-order valence-electron chi connectivity index (χ3n) is 5.37. The monoisotopic (exact) mass is 378 g/mol. The number of carbonyl (C=O) groups excluding carboxylic acids is 2. The van der Waals surface area contributed by atoms with Gasteiger partial charge in [-0.25, -0.2) is 0 Å². The van der Waals surface area contributed by atoms with Crippen molar-refractivity contribution in [2.24, 2.45) is 11.8 Å².